The maximum absolute atomic E-state index is 2.17. The van der Waals surface area contributed by atoms with Gasteiger partial charge in [-0.2, -0.15) is 0 Å². The highest BCUT2D eigenvalue weighted by Crippen LogP contribution is 2.21. The zero-order chi connectivity index (χ0) is 4.69. The highest BCUT2D eigenvalue weighted by atomic mass is 14.1. The summed E-state index contributed by atoms with van der Waals surface area (Å²) in [4.78, 5) is 0. The Balaban J connectivity index is 2.78. The summed E-state index contributed by atoms with van der Waals surface area (Å²) in [5.41, 5.74) is 2.72. The van der Waals surface area contributed by atoms with E-state index < -0.39 is 0 Å². The standard InChI is InChI=1S/C7H5/c1-2-6-4-7(3-1)5-6/h1-5H. The van der Waals surface area contributed by atoms with Crippen molar-refractivity contribution in [3.63, 3.8) is 0 Å². The SMILES string of the molecule is [CH]1c2cccc1c2. The minimum atomic E-state index is 1.36. The van der Waals surface area contributed by atoms with Crippen molar-refractivity contribution < 1.29 is 0 Å². The van der Waals surface area contributed by atoms with Crippen LogP contribution in [0.3, 0.4) is 0 Å². The molecular formula is C7H5. The lowest BCUT2D eigenvalue weighted by molar-refractivity contribution is 1.32. The Morgan fingerprint density at radius 1 is 1.00 bits per heavy atom. The molecule has 0 heteroatoms. The van der Waals surface area contributed by atoms with Gasteiger partial charge in [0.05, 0.1) is 0 Å². The van der Waals surface area contributed by atoms with Gasteiger partial charge in [0, 0.05) is 6.42 Å². The van der Waals surface area contributed by atoms with E-state index in [0.29, 0.717) is 0 Å². The highest BCUT2D eigenvalue weighted by Gasteiger charge is 2.04. The van der Waals surface area contributed by atoms with Crippen molar-refractivity contribution in [2.45, 2.75) is 0 Å². The fraction of sp³-hybridized carbons (Fsp3) is 0. The van der Waals surface area contributed by atoms with E-state index in [1.165, 1.54) is 11.1 Å². The maximum Gasteiger partial charge on any atom is 0.0199 e. The first-order chi connectivity index (χ1) is 3.45. The van der Waals surface area contributed by atoms with E-state index in [1.54, 1.807) is 0 Å². The molecule has 0 aliphatic heterocycles. The summed E-state index contributed by atoms with van der Waals surface area (Å²) in [5, 5.41) is 0. The molecule has 0 saturated carbocycles. The number of rotatable bonds is 0. The lowest BCUT2D eigenvalue weighted by Gasteiger charge is -2.11. The van der Waals surface area contributed by atoms with Crippen molar-refractivity contribution in [3.8, 4) is 0 Å². The molecule has 2 aliphatic carbocycles. The molecule has 33 valence electrons. The van der Waals surface area contributed by atoms with Gasteiger partial charge in [-0.3, -0.25) is 0 Å². The van der Waals surface area contributed by atoms with E-state index >= 15 is 0 Å². The Kier molecular flexibility index (Phi) is 0.413. The molecule has 0 N–H and O–H groups in total. The van der Waals surface area contributed by atoms with Gasteiger partial charge in [-0.1, -0.05) is 24.3 Å². The zero-order valence-electron chi connectivity index (χ0n) is 3.89. The Morgan fingerprint density at radius 3 is 1.71 bits per heavy atom. The predicted molar refractivity (Wildman–Crippen MR) is 28.9 cm³/mol. The van der Waals surface area contributed by atoms with Crippen LogP contribution in [-0.2, 0) is 0 Å². The molecular weight excluding hydrogens is 84.1 g/mol. The van der Waals surface area contributed by atoms with Gasteiger partial charge in [0.1, 0.15) is 0 Å². The van der Waals surface area contributed by atoms with Crippen LogP contribution in [0.1, 0.15) is 11.1 Å². The quantitative estimate of drug-likeness (QED) is 0.460. The average Bonchev–Trinajstić information content (AvgIpc) is 1.67. The van der Waals surface area contributed by atoms with Gasteiger partial charge in [-0.15, -0.1) is 0 Å². The Labute approximate surface area is 42.8 Å². The zero-order valence-corrected chi connectivity index (χ0v) is 3.89. The monoisotopic (exact) mass is 89.0 g/mol. The largest absolute Gasteiger partial charge is 0.0617 e. The first-order valence-corrected chi connectivity index (χ1v) is 2.40. The van der Waals surface area contributed by atoms with E-state index in [1.807, 2.05) is 0 Å². The van der Waals surface area contributed by atoms with Crippen molar-refractivity contribution in [1.29, 1.82) is 0 Å². The van der Waals surface area contributed by atoms with Crippen molar-refractivity contribution in [2.24, 2.45) is 0 Å². The summed E-state index contributed by atoms with van der Waals surface area (Å²) < 4.78 is 0. The Morgan fingerprint density at radius 2 is 1.57 bits per heavy atom. The molecule has 0 aromatic heterocycles. The molecule has 0 amide bonds. The smallest absolute Gasteiger partial charge is 0.0199 e. The molecule has 7 heavy (non-hydrogen) atoms. The van der Waals surface area contributed by atoms with E-state index in [0.717, 1.165) is 0 Å². The molecule has 1 radical (unpaired) electrons. The lowest BCUT2D eigenvalue weighted by atomic mass is 9.94. The fourth-order valence-electron chi connectivity index (χ4n) is 0.835. The highest BCUT2D eigenvalue weighted by molar-refractivity contribution is 5.48. The van der Waals surface area contributed by atoms with Crippen LogP contribution in [0.5, 0.6) is 0 Å². The average molecular weight is 89.1 g/mol. The summed E-state index contributed by atoms with van der Waals surface area (Å²) in [5.74, 6) is 0. The topological polar surface area (TPSA) is 0 Å². The minimum Gasteiger partial charge on any atom is -0.0617 e. The van der Waals surface area contributed by atoms with Crippen LogP contribution in [0.15, 0.2) is 24.3 Å². The molecule has 0 atom stereocenters. The van der Waals surface area contributed by atoms with E-state index in [2.05, 4.69) is 30.7 Å². The van der Waals surface area contributed by atoms with Crippen molar-refractivity contribution in [2.75, 3.05) is 0 Å². The molecule has 0 fully saturated rings. The Bertz CT molecular complexity index is 164. The van der Waals surface area contributed by atoms with Crippen LogP contribution in [0.2, 0.25) is 0 Å². The lowest BCUT2D eigenvalue weighted by Crippen LogP contribution is -1.94. The normalized spacial score (nSPS) is 13.1. The van der Waals surface area contributed by atoms with Crippen molar-refractivity contribution >= 4 is 0 Å². The third kappa shape index (κ3) is 0.310. The summed E-state index contributed by atoms with van der Waals surface area (Å²) in [7, 11) is 0. The molecule has 0 nitrogen and oxygen atoms in total. The van der Waals surface area contributed by atoms with Crippen LogP contribution in [0, 0.1) is 6.42 Å². The second-order valence-corrected chi connectivity index (χ2v) is 1.81. The third-order valence-corrected chi connectivity index (χ3v) is 1.24. The van der Waals surface area contributed by atoms with Crippen LogP contribution in [0.4, 0.5) is 0 Å². The first-order valence-electron chi connectivity index (χ1n) is 2.40. The summed E-state index contributed by atoms with van der Waals surface area (Å²) in [6, 6.07) is 8.45. The summed E-state index contributed by atoms with van der Waals surface area (Å²) in [6.07, 6.45) is 2.17. The predicted octanol–water partition coefficient (Wildman–Crippen LogP) is 1.60. The van der Waals surface area contributed by atoms with Gasteiger partial charge in [0.15, 0.2) is 0 Å². The van der Waals surface area contributed by atoms with Gasteiger partial charge in [0.2, 0.25) is 0 Å². The number of benzene rings is 1. The van der Waals surface area contributed by atoms with Gasteiger partial charge in [0.25, 0.3) is 0 Å². The molecule has 0 unspecified atom stereocenters. The maximum atomic E-state index is 2.17. The van der Waals surface area contributed by atoms with Gasteiger partial charge >= 0.3 is 0 Å². The number of fused-ring (bicyclic) bond motifs is 2. The van der Waals surface area contributed by atoms with Crippen LogP contribution >= 0.6 is 0 Å². The van der Waals surface area contributed by atoms with Crippen LogP contribution in [-0.4, -0.2) is 0 Å². The minimum absolute atomic E-state index is 1.36. The van der Waals surface area contributed by atoms with Crippen LogP contribution < -0.4 is 0 Å². The molecule has 0 spiro atoms. The number of hydrogen-bond donors (Lipinski definition) is 0. The first kappa shape index (κ1) is 3.25. The van der Waals surface area contributed by atoms with Gasteiger partial charge in [-0.25, -0.2) is 0 Å². The summed E-state index contributed by atoms with van der Waals surface area (Å²) in [6.45, 7) is 0. The van der Waals surface area contributed by atoms with Crippen LogP contribution in [0.25, 0.3) is 0 Å². The second kappa shape index (κ2) is 0.890. The molecule has 2 bridgehead atoms. The third-order valence-electron chi connectivity index (χ3n) is 1.24. The molecule has 2 aliphatic rings. The number of hydrogen-bond acceptors (Lipinski definition) is 0. The molecule has 1 aromatic rings. The Hall–Kier alpha value is -0.780. The van der Waals surface area contributed by atoms with E-state index in [-0.39, 0.29) is 0 Å². The molecule has 0 saturated heterocycles. The molecule has 3 rings (SSSR count). The second-order valence-electron chi connectivity index (χ2n) is 1.81. The van der Waals surface area contributed by atoms with Gasteiger partial charge in [-0.05, 0) is 11.1 Å². The van der Waals surface area contributed by atoms with Gasteiger partial charge < -0.3 is 0 Å². The van der Waals surface area contributed by atoms with E-state index in [9.17, 15) is 0 Å². The summed E-state index contributed by atoms with van der Waals surface area (Å²) >= 11 is 0. The molecule has 1 aromatic carbocycles. The fourth-order valence-corrected chi connectivity index (χ4v) is 0.835. The van der Waals surface area contributed by atoms with E-state index in [4.69, 9.17) is 0 Å². The molecule has 0 heterocycles. The van der Waals surface area contributed by atoms with Crippen molar-refractivity contribution in [3.05, 3.63) is 41.8 Å². The van der Waals surface area contributed by atoms with Crippen molar-refractivity contribution in [1.82, 2.24) is 0 Å².